The lowest BCUT2D eigenvalue weighted by molar-refractivity contribution is 0.573. The number of hydrogen-bond acceptors (Lipinski definition) is 1. The summed E-state index contributed by atoms with van der Waals surface area (Å²) < 4.78 is 8.95. The minimum atomic E-state index is -1.90. The molecule has 0 heterocycles. The molecule has 0 atom stereocenters. The second-order valence-electron chi connectivity index (χ2n) is 6.14. The van der Waals surface area contributed by atoms with Crippen molar-refractivity contribution in [1.82, 2.24) is 0 Å². The second kappa shape index (κ2) is 6.50. The summed E-state index contributed by atoms with van der Waals surface area (Å²) in [6.45, 7) is 9.13. The zero-order valence-corrected chi connectivity index (χ0v) is 18.0. The van der Waals surface area contributed by atoms with E-state index >= 15 is 0 Å². The summed E-state index contributed by atoms with van der Waals surface area (Å²) in [6, 6.07) is 17.1. The summed E-state index contributed by atoms with van der Waals surface area (Å²) in [5.74, 6) is 0. The van der Waals surface area contributed by atoms with E-state index in [1.807, 2.05) is 0 Å². The molecule has 5 heteroatoms. The molecule has 0 unspecified atom stereocenters. The van der Waals surface area contributed by atoms with E-state index in [1.165, 1.54) is 10.4 Å². The van der Waals surface area contributed by atoms with E-state index in [4.69, 9.17) is 4.12 Å². The zero-order valence-electron chi connectivity index (χ0n) is 12.8. The molecule has 0 saturated carbocycles. The molecule has 0 radical (unpaired) electrons. The molecule has 1 nitrogen and oxygen atoms in total. The Balaban J connectivity index is 2.25. The Kier molecular flexibility index (Phi) is 5.31. The van der Waals surface area contributed by atoms with Gasteiger partial charge in [-0.25, -0.2) is 0 Å². The van der Waals surface area contributed by atoms with Gasteiger partial charge in [-0.3, -0.25) is 0 Å². The smallest absolute Gasteiger partial charge is 0.206 e. The van der Waals surface area contributed by atoms with Gasteiger partial charge in [-0.1, -0.05) is 56.1 Å². The zero-order chi connectivity index (χ0) is 15.7. The van der Waals surface area contributed by atoms with Gasteiger partial charge in [-0.2, -0.15) is 0 Å². The van der Waals surface area contributed by atoms with Crippen molar-refractivity contribution in [2.75, 3.05) is 0 Å². The van der Waals surface area contributed by atoms with E-state index in [9.17, 15) is 0 Å². The van der Waals surface area contributed by atoms with Crippen molar-refractivity contribution in [3.8, 4) is 0 Å². The fraction of sp³-hybridized carbons (Fsp3) is 0.250. The highest BCUT2D eigenvalue weighted by Gasteiger charge is 2.35. The van der Waals surface area contributed by atoms with E-state index in [-0.39, 0.29) is 0 Å². The Morgan fingerprint density at radius 2 is 0.905 bits per heavy atom. The van der Waals surface area contributed by atoms with E-state index in [0.717, 1.165) is 8.95 Å². The van der Waals surface area contributed by atoms with Crippen LogP contribution in [0.5, 0.6) is 0 Å². The van der Waals surface area contributed by atoms with Crippen LogP contribution in [0.25, 0.3) is 0 Å². The van der Waals surface area contributed by atoms with Crippen LogP contribution in [0.3, 0.4) is 0 Å². The van der Waals surface area contributed by atoms with Gasteiger partial charge in [0.05, 0.1) is 0 Å². The van der Waals surface area contributed by atoms with Crippen LogP contribution in [0.4, 0.5) is 0 Å². The van der Waals surface area contributed by atoms with Crippen molar-refractivity contribution in [1.29, 1.82) is 0 Å². The maximum absolute atomic E-state index is 6.72. The first-order valence-corrected chi connectivity index (χ1v) is 14.3. The number of benzene rings is 2. The molecule has 2 aromatic carbocycles. The van der Waals surface area contributed by atoms with Crippen LogP contribution in [0.15, 0.2) is 57.5 Å². The molecule has 0 bridgehead atoms. The molecule has 112 valence electrons. The van der Waals surface area contributed by atoms with E-state index < -0.39 is 16.6 Å². The minimum Gasteiger partial charge on any atom is -0.449 e. The third-order valence-electron chi connectivity index (χ3n) is 3.59. The van der Waals surface area contributed by atoms with Gasteiger partial charge in [0, 0.05) is 8.95 Å². The van der Waals surface area contributed by atoms with Gasteiger partial charge >= 0.3 is 0 Å². The summed E-state index contributed by atoms with van der Waals surface area (Å²) in [4.78, 5) is 0. The Bertz CT molecular complexity index is 552. The van der Waals surface area contributed by atoms with Crippen molar-refractivity contribution < 1.29 is 4.12 Å². The molecule has 0 spiro atoms. The first-order chi connectivity index (χ1) is 9.71. The van der Waals surface area contributed by atoms with E-state index in [1.54, 1.807) is 0 Å². The first-order valence-electron chi connectivity index (χ1n) is 6.93. The normalized spacial score (nSPS) is 12.5. The monoisotopic (exact) mass is 442 g/mol. The van der Waals surface area contributed by atoms with Crippen LogP contribution < -0.4 is 10.4 Å². The highest BCUT2D eigenvalue weighted by atomic mass is 79.9. The Hall–Kier alpha value is -0.206. The standard InChI is InChI=1S/C16H20Br2OSi2/c1-20(2,15-9-5-13(17)6-10-15)19-21(3,4)16-11-7-14(18)8-12-16/h5-12H,1-4H3. The topological polar surface area (TPSA) is 9.23 Å². The van der Waals surface area contributed by atoms with Crippen LogP contribution in [-0.2, 0) is 4.12 Å². The first kappa shape index (κ1) is 17.2. The average Bonchev–Trinajstić information content (AvgIpc) is 2.38. The molecule has 0 fully saturated rings. The molecular weight excluding hydrogens is 424 g/mol. The summed E-state index contributed by atoms with van der Waals surface area (Å²) in [5, 5.41) is 2.67. The van der Waals surface area contributed by atoms with E-state index in [0.29, 0.717) is 0 Å². The van der Waals surface area contributed by atoms with Crippen molar-refractivity contribution in [2.45, 2.75) is 26.2 Å². The van der Waals surface area contributed by atoms with Gasteiger partial charge in [-0.05, 0) is 60.8 Å². The molecule has 21 heavy (non-hydrogen) atoms. The number of rotatable bonds is 4. The summed E-state index contributed by atoms with van der Waals surface area (Å²) in [5.41, 5.74) is 0. The largest absolute Gasteiger partial charge is 0.449 e. The summed E-state index contributed by atoms with van der Waals surface area (Å²) in [6.07, 6.45) is 0. The third kappa shape index (κ3) is 4.39. The molecule has 0 aliphatic heterocycles. The molecule has 0 N–H and O–H groups in total. The molecule has 2 rings (SSSR count). The number of hydrogen-bond donors (Lipinski definition) is 0. The molecule has 0 aliphatic carbocycles. The summed E-state index contributed by atoms with van der Waals surface area (Å²) >= 11 is 6.99. The Labute approximate surface area is 146 Å². The highest BCUT2D eigenvalue weighted by molar-refractivity contribution is 9.10. The molecule has 0 saturated heterocycles. The highest BCUT2D eigenvalue weighted by Crippen LogP contribution is 2.17. The fourth-order valence-electron chi connectivity index (χ4n) is 2.46. The van der Waals surface area contributed by atoms with Gasteiger partial charge in [0.1, 0.15) is 0 Å². The van der Waals surface area contributed by atoms with E-state index in [2.05, 4.69) is 107 Å². The number of halogens is 2. The van der Waals surface area contributed by atoms with Crippen LogP contribution >= 0.6 is 31.9 Å². The predicted molar refractivity (Wildman–Crippen MR) is 104 cm³/mol. The molecule has 0 amide bonds. The van der Waals surface area contributed by atoms with Crippen LogP contribution in [0.1, 0.15) is 0 Å². The molecule has 2 aromatic rings. The molecule has 0 aromatic heterocycles. The van der Waals surface area contributed by atoms with Crippen molar-refractivity contribution in [2.24, 2.45) is 0 Å². The lowest BCUT2D eigenvalue weighted by Crippen LogP contribution is -2.57. The van der Waals surface area contributed by atoms with Gasteiger partial charge in [0.15, 0.2) is 0 Å². The lowest BCUT2D eigenvalue weighted by Gasteiger charge is -2.34. The van der Waals surface area contributed by atoms with Gasteiger partial charge in [-0.15, -0.1) is 0 Å². The third-order valence-corrected chi connectivity index (χ3v) is 12.2. The Morgan fingerprint density at radius 3 is 1.19 bits per heavy atom. The average molecular weight is 444 g/mol. The van der Waals surface area contributed by atoms with Crippen molar-refractivity contribution in [3.63, 3.8) is 0 Å². The van der Waals surface area contributed by atoms with Crippen molar-refractivity contribution >= 4 is 58.9 Å². The fourth-order valence-corrected chi connectivity index (χ4v) is 11.0. The Morgan fingerprint density at radius 1 is 0.619 bits per heavy atom. The predicted octanol–water partition coefficient (Wildman–Crippen LogP) is 4.75. The van der Waals surface area contributed by atoms with Gasteiger partial charge < -0.3 is 4.12 Å². The van der Waals surface area contributed by atoms with Gasteiger partial charge in [0.2, 0.25) is 16.6 Å². The minimum absolute atomic E-state index is 1.11. The maximum Gasteiger partial charge on any atom is 0.206 e. The molecular formula is C16H20Br2OSi2. The summed E-state index contributed by atoms with van der Waals surface area (Å²) in [7, 11) is -3.81. The second-order valence-corrected chi connectivity index (χ2v) is 16.0. The van der Waals surface area contributed by atoms with Crippen LogP contribution in [0, 0.1) is 0 Å². The SMILES string of the molecule is C[Si](C)(O[Si](C)(C)c1ccc(Br)cc1)c1ccc(Br)cc1. The maximum atomic E-state index is 6.72. The van der Waals surface area contributed by atoms with Crippen molar-refractivity contribution in [3.05, 3.63) is 57.5 Å². The molecule has 0 aliphatic rings. The lowest BCUT2D eigenvalue weighted by atomic mass is 10.4. The van der Waals surface area contributed by atoms with Crippen LogP contribution in [-0.4, -0.2) is 16.6 Å². The van der Waals surface area contributed by atoms with Crippen LogP contribution in [0.2, 0.25) is 26.2 Å². The quantitative estimate of drug-likeness (QED) is 0.619. The van der Waals surface area contributed by atoms with Gasteiger partial charge in [0.25, 0.3) is 0 Å².